The Morgan fingerprint density at radius 3 is 2.79 bits per heavy atom. The van der Waals surface area contributed by atoms with Crippen molar-refractivity contribution in [3.63, 3.8) is 0 Å². The highest BCUT2D eigenvalue weighted by atomic mass is 32.1. The van der Waals surface area contributed by atoms with Crippen LogP contribution in [0, 0.1) is 10.1 Å². The van der Waals surface area contributed by atoms with Crippen LogP contribution in [-0.2, 0) is 13.0 Å². The Hall–Kier alpha value is -2.02. The number of nitro benzene ring substituents is 1. The zero-order chi connectivity index (χ0) is 16.5. The van der Waals surface area contributed by atoms with Crippen LogP contribution in [0.25, 0.3) is 0 Å². The third-order valence-corrected chi connectivity index (χ3v) is 6.36. The van der Waals surface area contributed by atoms with Gasteiger partial charge < -0.3 is 0 Å². The normalized spacial score (nSPS) is 17.6. The summed E-state index contributed by atoms with van der Waals surface area (Å²) in [6.45, 7) is 1.51. The van der Waals surface area contributed by atoms with E-state index in [0.29, 0.717) is 6.54 Å². The van der Waals surface area contributed by atoms with Crippen molar-refractivity contribution >= 4 is 28.4 Å². The molecule has 4 nitrogen and oxygen atoms in total. The third kappa shape index (κ3) is 2.77. The predicted octanol–water partition coefficient (Wildman–Crippen LogP) is 4.87. The van der Waals surface area contributed by atoms with Crippen LogP contribution >= 0.6 is 22.7 Å². The lowest BCUT2D eigenvalue weighted by Crippen LogP contribution is -2.34. The van der Waals surface area contributed by atoms with Gasteiger partial charge in [-0.15, -0.1) is 22.7 Å². The average molecular weight is 356 g/mol. The van der Waals surface area contributed by atoms with Gasteiger partial charge in [0.25, 0.3) is 5.69 Å². The van der Waals surface area contributed by atoms with Crippen molar-refractivity contribution in [2.75, 3.05) is 6.54 Å². The first-order chi connectivity index (χ1) is 11.7. The fourth-order valence-corrected chi connectivity index (χ4v) is 5.14. The molecule has 0 N–H and O–H groups in total. The summed E-state index contributed by atoms with van der Waals surface area (Å²) in [5.74, 6) is 0. The molecular formula is C18H16N2O2S2. The van der Waals surface area contributed by atoms with Crippen LogP contribution in [0.15, 0.2) is 53.2 Å². The van der Waals surface area contributed by atoms with Crippen LogP contribution in [0.5, 0.6) is 0 Å². The lowest BCUT2D eigenvalue weighted by Gasteiger charge is -2.35. The minimum Gasteiger partial charge on any atom is -0.287 e. The van der Waals surface area contributed by atoms with Gasteiger partial charge in [-0.1, -0.05) is 24.3 Å². The summed E-state index contributed by atoms with van der Waals surface area (Å²) in [5, 5.41) is 15.6. The van der Waals surface area contributed by atoms with Gasteiger partial charge in [0.1, 0.15) is 0 Å². The van der Waals surface area contributed by atoms with E-state index < -0.39 is 0 Å². The Morgan fingerprint density at radius 2 is 2.00 bits per heavy atom. The molecule has 0 fully saturated rings. The fourth-order valence-electron chi connectivity index (χ4n) is 3.36. The van der Waals surface area contributed by atoms with Gasteiger partial charge >= 0.3 is 0 Å². The van der Waals surface area contributed by atoms with Crippen LogP contribution in [0.2, 0.25) is 0 Å². The summed E-state index contributed by atoms with van der Waals surface area (Å²) in [6.07, 6.45) is 1.01. The van der Waals surface area contributed by atoms with Crippen LogP contribution in [0.3, 0.4) is 0 Å². The molecular weight excluding hydrogens is 340 g/mol. The van der Waals surface area contributed by atoms with Crippen molar-refractivity contribution < 1.29 is 4.92 Å². The molecule has 3 aromatic rings. The zero-order valence-corrected chi connectivity index (χ0v) is 14.6. The van der Waals surface area contributed by atoms with E-state index in [1.54, 1.807) is 23.5 Å². The first-order valence-electron chi connectivity index (χ1n) is 7.80. The minimum absolute atomic E-state index is 0.194. The molecule has 1 aliphatic heterocycles. The van der Waals surface area contributed by atoms with Crippen molar-refractivity contribution in [2.45, 2.75) is 19.0 Å². The predicted molar refractivity (Wildman–Crippen MR) is 97.7 cm³/mol. The largest absolute Gasteiger partial charge is 0.287 e. The van der Waals surface area contributed by atoms with E-state index in [1.807, 2.05) is 23.5 Å². The first kappa shape index (κ1) is 15.5. The lowest BCUT2D eigenvalue weighted by atomic mass is 9.97. The summed E-state index contributed by atoms with van der Waals surface area (Å²) >= 11 is 3.56. The summed E-state index contributed by atoms with van der Waals surface area (Å²) in [6, 6.07) is 13.7. The Kier molecular flexibility index (Phi) is 4.18. The van der Waals surface area contributed by atoms with E-state index in [-0.39, 0.29) is 16.7 Å². The Labute approximate surface area is 148 Å². The SMILES string of the molecule is O=[N+]([O-])c1ccccc1CN1CCc2sccc2C1c1cccs1. The molecule has 1 unspecified atom stereocenters. The molecule has 0 aliphatic carbocycles. The number of para-hydroxylation sites is 1. The molecule has 2 aromatic heterocycles. The van der Waals surface area contributed by atoms with Gasteiger partial charge in [-0.05, 0) is 34.9 Å². The monoisotopic (exact) mass is 356 g/mol. The van der Waals surface area contributed by atoms with Gasteiger partial charge in [0.2, 0.25) is 0 Å². The smallest absolute Gasteiger partial charge is 0.273 e. The molecule has 1 aromatic carbocycles. The number of nitrogens with zero attached hydrogens (tertiary/aromatic N) is 2. The van der Waals surface area contributed by atoms with Crippen LogP contribution in [0.1, 0.15) is 26.9 Å². The van der Waals surface area contributed by atoms with E-state index in [1.165, 1.54) is 15.3 Å². The topological polar surface area (TPSA) is 46.4 Å². The number of nitro groups is 1. The van der Waals surface area contributed by atoms with E-state index in [2.05, 4.69) is 33.9 Å². The van der Waals surface area contributed by atoms with Crippen LogP contribution in [-0.4, -0.2) is 16.4 Å². The maximum atomic E-state index is 11.3. The Bertz CT molecular complexity index is 858. The molecule has 0 bridgehead atoms. The maximum absolute atomic E-state index is 11.3. The molecule has 0 saturated carbocycles. The summed E-state index contributed by atoms with van der Waals surface area (Å²) in [7, 11) is 0. The van der Waals surface area contributed by atoms with Gasteiger partial charge in [-0.25, -0.2) is 0 Å². The highest BCUT2D eigenvalue weighted by molar-refractivity contribution is 7.10. The number of hydrogen-bond acceptors (Lipinski definition) is 5. The van der Waals surface area contributed by atoms with Crippen molar-refractivity contribution in [3.05, 3.63) is 84.2 Å². The van der Waals surface area contributed by atoms with Gasteiger partial charge in [0.15, 0.2) is 0 Å². The third-order valence-electron chi connectivity index (χ3n) is 4.44. The number of benzene rings is 1. The molecule has 0 spiro atoms. The molecule has 6 heteroatoms. The Balaban J connectivity index is 1.71. The summed E-state index contributed by atoms with van der Waals surface area (Å²) in [4.78, 5) is 16.1. The highest BCUT2D eigenvalue weighted by Crippen LogP contribution is 2.40. The van der Waals surface area contributed by atoms with Crippen molar-refractivity contribution in [2.24, 2.45) is 0 Å². The molecule has 122 valence electrons. The number of hydrogen-bond donors (Lipinski definition) is 0. The second kappa shape index (κ2) is 6.47. The number of fused-ring (bicyclic) bond motifs is 1. The molecule has 0 amide bonds. The van der Waals surface area contributed by atoms with Crippen molar-refractivity contribution in [1.82, 2.24) is 4.90 Å². The first-order valence-corrected chi connectivity index (χ1v) is 9.56. The van der Waals surface area contributed by atoms with E-state index in [0.717, 1.165) is 18.5 Å². The standard InChI is InChI=1S/C18H16N2O2S2/c21-20(22)15-5-2-1-4-13(15)12-19-9-7-16-14(8-11-24-16)18(19)17-6-3-10-23-17/h1-6,8,10-11,18H,7,9,12H2. The fraction of sp³-hybridized carbons (Fsp3) is 0.222. The van der Waals surface area contributed by atoms with Gasteiger partial charge in [0, 0.05) is 34.5 Å². The molecule has 4 rings (SSSR count). The second-order valence-corrected chi connectivity index (χ2v) is 7.80. The summed E-state index contributed by atoms with van der Waals surface area (Å²) < 4.78 is 0. The van der Waals surface area contributed by atoms with Gasteiger partial charge in [-0.2, -0.15) is 0 Å². The van der Waals surface area contributed by atoms with Crippen LogP contribution in [0.4, 0.5) is 5.69 Å². The van der Waals surface area contributed by atoms with E-state index in [4.69, 9.17) is 0 Å². The highest BCUT2D eigenvalue weighted by Gasteiger charge is 2.31. The van der Waals surface area contributed by atoms with Gasteiger partial charge in [0.05, 0.1) is 11.0 Å². The van der Waals surface area contributed by atoms with Crippen LogP contribution < -0.4 is 0 Å². The number of rotatable bonds is 4. The zero-order valence-electron chi connectivity index (χ0n) is 12.9. The minimum atomic E-state index is -0.282. The average Bonchev–Trinajstić information content (AvgIpc) is 3.26. The van der Waals surface area contributed by atoms with Gasteiger partial charge in [-0.3, -0.25) is 15.0 Å². The molecule has 1 aliphatic rings. The second-order valence-electron chi connectivity index (χ2n) is 5.82. The lowest BCUT2D eigenvalue weighted by molar-refractivity contribution is -0.385. The van der Waals surface area contributed by atoms with E-state index in [9.17, 15) is 10.1 Å². The Morgan fingerprint density at radius 1 is 1.12 bits per heavy atom. The molecule has 3 heterocycles. The molecule has 0 radical (unpaired) electrons. The summed E-state index contributed by atoms with van der Waals surface area (Å²) in [5.41, 5.74) is 2.34. The number of thiophene rings is 2. The quantitative estimate of drug-likeness (QED) is 0.495. The molecule has 1 atom stereocenters. The van der Waals surface area contributed by atoms with Crippen molar-refractivity contribution in [1.29, 1.82) is 0 Å². The molecule has 0 saturated heterocycles. The maximum Gasteiger partial charge on any atom is 0.273 e. The van der Waals surface area contributed by atoms with E-state index >= 15 is 0 Å². The van der Waals surface area contributed by atoms with Crippen molar-refractivity contribution in [3.8, 4) is 0 Å². The molecule has 24 heavy (non-hydrogen) atoms.